The first-order valence-corrected chi connectivity index (χ1v) is 10.3. The molecular weight excluding hydrogens is 338 g/mol. The van der Waals surface area contributed by atoms with E-state index < -0.39 is 9.84 Å². The average molecular weight is 361 g/mol. The van der Waals surface area contributed by atoms with Crippen LogP contribution in [0.4, 0.5) is 0 Å². The summed E-state index contributed by atoms with van der Waals surface area (Å²) in [4.78, 5) is 12.5. The third-order valence-electron chi connectivity index (χ3n) is 4.67. The van der Waals surface area contributed by atoms with Gasteiger partial charge >= 0.3 is 0 Å². The van der Waals surface area contributed by atoms with E-state index in [-0.39, 0.29) is 34.1 Å². The maximum atomic E-state index is 12.4. The molecule has 0 aliphatic heterocycles. The predicted octanol–water partition coefficient (Wildman–Crippen LogP) is 3.56. The van der Waals surface area contributed by atoms with Gasteiger partial charge in [-0.2, -0.15) is 0 Å². The van der Waals surface area contributed by atoms with Crippen molar-refractivity contribution in [2.75, 3.05) is 0 Å². The number of carbonyl (C=O) groups excluding carboxylic acids is 1. The fourth-order valence-corrected chi connectivity index (χ4v) is 4.41. The van der Waals surface area contributed by atoms with E-state index in [1.807, 2.05) is 0 Å². The molecule has 0 bridgehead atoms. The second-order valence-electron chi connectivity index (χ2n) is 6.77. The maximum Gasteiger partial charge on any atom is 0.287 e. The minimum atomic E-state index is -3.48. The van der Waals surface area contributed by atoms with Gasteiger partial charge < -0.3 is 9.73 Å². The Kier molecular flexibility index (Phi) is 5.27. The highest BCUT2D eigenvalue weighted by atomic mass is 32.2. The third kappa shape index (κ3) is 4.51. The molecule has 1 aromatic carbocycles. The first-order chi connectivity index (χ1) is 11.9. The zero-order chi connectivity index (χ0) is 17.9. The first kappa shape index (κ1) is 17.7. The average Bonchev–Trinajstić information content (AvgIpc) is 3.06. The summed E-state index contributed by atoms with van der Waals surface area (Å²) >= 11 is 0. The molecule has 1 heterocycles. The summed E-state index contributed by atoms with van der Waals surface area (Å²) in [6, 6.07) is 11.5. The Labute approximate surface area is 148 Å². The number of hydrogen-bond acceptors (Lipinski definition) is 4. The Morgan fingerprint density at radius 1 is 1.08 bits per heavy atom. The standard InChI is InChI=1S/C19H23NO4S/c1-14-7-9-15(10-8-14)20-19(21)18-12-11-16(24-18)13-25(22,23)17-5-3-2-4-6-17/h2-6,11-12,14-15H,7-10,13H2,1H3,(H,20,21). The van der Waals surface area contributed by atoms with Gasteiger partial charge in [-0.3, -0.25) is 4.79 Å². The molecule has 0 atom stereocenters. The maximum absolute atomic E-state index is 12.4. The van der Waals surface area contributed by atoms with Crippen LogP contribution in [-0.4, -0.2) is 20.4 Å². The van der Waals surface area contributed by atoms with Gasteiger partial charge in [0.15, 0.2) is 15.6 Å². The number of carbonyl (C=O) groups is 1. The number of benzene rings is 1. The summed E-state index contributed by atoms with van der Waals surface area (Å²) in [7, 11) is -3.48. The molecule has 1 aliphatic carbocycles. The molecule has 0 radical (unpaired) electrons. The fraction of sp³-hybridized carbons (Fsp3) is 0.421. The highest BCUT2D eigenvalue weighted by Crippen LogP contribution is 2.24. The van der Waals surface area contributed by atoms with Gasteiger partial charge in [-0.05, 0) is 55.9 Å². The fourth-order valence-electron chi connectivity index (χ4n) is 3.14. The topological polar surface area (TPSA) is 76.4 Å². The van der Waals surface area contributed by atoms with E-state index in [0.29, 0.717) is 5.92 Å². The van der Waals surface area contributed by atoms with Gasteiger partial charge in [0, 0.05) is 6.04 Å². The van der Waals surface area contributed by atoms with E-state index >= 15 is 0 Å². The lowest BCUT2D eigenvalue weighted by Gasteiger charge is -2.26. The van der Waals surface area contributed by atoms with E-state index in [2.05, 4.69) is 12.2 Å². The molecule has 1 fully saturated rings. The van der Waals surface area contributed by atoms with Gasteiger partial charge in [0.1, 0.15) is 11.5 Å². The van der Waals surface area contributed by atoms with Gasteiger partial charge in [-0.15, -0.1) is 0 Å². The SMILES string of the molecule is CC1CCC(NC(=O)c2ccc(CS(=O)(=O)c3ccccc3)o2)CC1. The molecule has 1 N–H and O–H groups in total. The number of hydrogen-bond donors (Lipinski definition) is 1. The Morgan fingerprint density at radius 2 is 1.76 bits per heavy atom. The van der Waals surface area contributed by atoms with E-state index in [1.54, 1.807) is 36.4 Å². The molecule has 2 aromatic rings. The minimum Gasteiger partial charge on any atom is -0.455 e. The van der Waals surface area contributed by atoms with Gasteiger partial charge in [0.05, 0.1) is 4.90 Å². The number of rotatable bonds is 5. The summed E-state index contributed by atoms with van der Waals surface area (Å²) in [5.74, 6) is 0.614. The van der Waals surface area contributed by atoms with Crippen molar-refractivity contribution in [1.29, 1.82) is 0 Å². The normalized spacial score (nSPS) is 21.0. The van der Waals surface area contributed by atoms with Crippen molar-refractivity contribution in [3.63, 3.8) is 0 Å². The quantitative estimate of drug-likeness (QED) is 0.883. The second kappa shape index (κ2) is 7.44. The van der Waals surface area contributed by atoms with Gasteiger partial charge in [-0.1, -0.05) is 25.1 Å². The molecule has 1 aromatic heterocycles. The summed E-state index contributed by atoms with van der Waals surface area (Å²) in [5.41, 5.74) is 0. The molecule has 134 valence electrons. The number of nitrogens with one attached hydrogen (secondary N) is 1. The molecule has 6 heteroatoms. The molecule has 1 amide bonds. The first-order valence-electron chi connectivity index (χ1n) is 8.61. The van der Waals surface area contributed by atoms with Crippen LogP contribution >= 0.6 is 0 Å². The lowest BCUT2D eigenvalue weighted by molar-refractivity contribution is 0.0893. The van der Waals surface area contributed by atoms with Crippen LogP contribution in [0.2, 0.25) is 0 Å². The summed E-state index contributed by atoms with van der Waals surface area (Å²) in [6.45, 7) is 2.23. The minimum absolute atomic E-state index is 0.164. The van der Waals surface area contributed by atoms with Crippen LogP contribution in [0.15, 0.2) is 51.8 Å². The summed E-state index contributed by atoms with van der Waals surface area (Å²) in [6.07, 6.45) is 4.18. The Bertz CT molecular complexity index is 818. The van der Waals surface area contributed by atoms with E-state index in [1.165, 1.54) is 6.07 Å². The zero-order valence-electron chi connectivity index (χ0n) is 14.3. The Morgan fingerprint density at radius 3 is 2.44 bits per heavy atom. The van der Waals surface area contributed by atoms with E-state index in [4.69, 9.17) is 4.42 Å². The third-order valence-corrected chi connectivity index (χ3v) is 6.33. The van der Waals surface area contributed by atoms with Gasteiger partial charge in [0.25, 0.3) is 5.91 Å². The molecule has 1 aliphatic rings. The molecular formula is C19H23NO4S. The lowest BCUT2D eigenvalue weighted by atomic mass is 9.87. The second-order valence-corrected chi connectivity index (χ2v) is 8.76. The van der Waals surface area contributed by atoms with Crippen molar-refractivity contribution >= 4 is 15.7 Å². The number of sulfone groups is 1. The van der Waals surface area contributed by atoms with Crippen LogP contribution in [0.1, 0.15) is 48.9 Å². The van der Waals surface area contributed by atoms with Crippen molar-refractivity contribution in [3.05, 3.63) is 54.0 Å². The van der Waals surface area contributed by atoms with Crippen LogP contribution in [0.5, 0.6) is 0 Å². The number of furan rings is 1. The molecule has 5 nitrogen and oxygen atoms in total. The summed E-state index contributed by atoms with van der Waals surface area (Å²) in [5, 5.41) is 2.98. The van der Waals surface area contributed by atoms with Crippen molar-refractivity contribution in [1.82, 2.24) is 5.32 Å². The van der Waals surface area contributed by atoms with Crippen LogP contribution in [0.25, 0.3) is 0 Å². The van der Waals surface area contributed by atoms with Crippen LogP contribution in [-0.2, 0) is 15.6 Å². The number of amides is 1. The molecule has 0 saturated heterocycles. The molecule has 0 unspecified atom stereocenters. The van der Waals surface area contributed by atoms with Crippen molar-refractivity contribution in [2.24, 2.45) is 5.92 Å². The van der Waals surface area contributed by atoms with Crippen molar-refractivity contribution in [3.8, 4) is 0 Å². The van der Waals surface area contributed by atoms with E-state index in [0.717, 1.165) is 25.7 Å². The molecule has 0 spiro atoms. The smallest absolute Gasteiger partial charge is 0.287 e. The largest absolute Gasteiger partial charge is 0.455 e. The van der Waals surface area contributed by atoms with Crippen molar-refractivity contribution in [2.45, 2.75) is 49.3 Å². The lowest BCUT2D eigenvalue weighted by Crippen LogP contribution is -2.37. The van der Waals surface area contributed by atoms with E-state index in [9.17, 15) is 13.2 Å². The monoisotopic (exact) mass is 361 g/mol. The van der Waals surface area contributed by atoms with Crippen molar-refractivity contribution < 1.29 is 17.6 Å². The Hall–Kier alpha value is -2.08. The molecule has 25 heavy (non-hydrogen) atoms. The van der Waals surface area contributed by atoms with Crippen LogP contribution in [0.3, 0.4) is 0 Å². The highest BCUT2D eigenvalue weighted by Gasteiger charge is 2.23. The van der Waals surface area contributed by atoms with Gasteiger partial charge in [0.2, 0.25) is 0 Å². The Balaban J connectivity index is 1.63. The van der Waals surface area contributed by atoms with Crippen LogP contribution in [0, 0.1) is 5.92 Å². The zero-order valence-corrected chi connectivity index (χ0v) is 15.1. The molecule has 3 rings (SSSR count). The van der Waals surface area contributed by atoms with Gasteiger partial charge in [-0.25, -0.2) is 8.42 Å². The highest BCUT2D eigenvalue weighted by molar-refractivity contribution is 7.90. The summed E-state index contributed by atoms with van der Waals surface area (Å²) < 4.78 is 30.2. The predicted molar refractivity (Wildman–Crippen MR) is 94.9 cm³/mol. The molecule has 1 saturated carbocycles. The van der Waals surface area contributed by atoms with Crippen LogP contribution < -0.4 is 5.32 Å².